The zero-order valence-electron chi connectivity index (χ0n) is 12.8. The van der Waals surface area contributed by atoms with Crippen LogP contribution in [-0.2, 0) is 4.79 Å². The van der Waals surface area contributed by atoms with Gasteiger partial charge in [0.2, 0.25) is 11.8 Å². The van der Waals surface area contributed by atoms with Crippen molar-refractivity contribution in [2.24, 2.45) is 5.73 Å². The number of carbonyl (C=O) groups is 1. The fourth-order valence-corrected chi connectivity index (χ4v) is 1.80. The van der Waals surface area contributed by atoms with E-state index in [0.717, 1.165) is 6.20 Å². The third kappa shape index (κ3) is 5.15. The molecule has 1 amide bonds. The lowest BCUT2D eigenvalue weighted by atomic mass is 10.1. The Balaban J connectivity index is 1.93. The molecule has 3 N–H and O–H groups in total. The van der Waals surface area contributed by atoms with Gasteiger partial charge in [-0.15, -0.1) is 0 Å². The number of aromatic nitrogens is 1. The molecular formula is C16H15F4N3O2. The number of hydrogen-bond donors (Lipinski definition) is 2. The van der Waals surface area contributed by atoms with Crippen LogP contribution in [0.2, 0.25) is 0 Å². The molecule has 0 spiro atoms. The third-order valence-corrected chi connectivity index (χ3v) is 3.18. The van der Waals surface area contributed by atoms with Crippen molar-refractivity contribution in [2.45, 2.75) is 18.4 Å². The number of rotatable bonds is 7. The van der Waals surface area contributed by atoms with Crippen molar-refractivity contribution in [1.29, 1.82) is 0 Å². The first-order valence-corrected chi connectivity index (χ1v) is 7.16. The second kappa shape index (κ2) is 7.93. The Labute approximate surface area is 140 Å². The van der Waals surface area contributed by atoms with Crippen LogP contribution in [0.4, 0.5) is 23.2 Å². The molecule has 0 aliphatic heterocycles. The molecule has 1 aromatic carbocycles. The molecule has 134 valence electrons. The number of amides is 1. The van der Waals surface area contributed by atoms with Crippen LogP contribution < -0.4 is 15.8 Å². The van der Waals surface area contributed by atoms with Gasteiger partial charge in [0.05, 0.1) is 11.9 Å². The highest BCUT2D eigenvalue weighted by Gasteiger charge is 2.41. The van der Waals surface area contributed by atoms with Crippen molar-refractivity contribution in [3.63, 3.8) is 0 Å². The Morgan fingerprint density at radius 1 is 1.20 bits per heavy atom. The molecule has 1 aromatic heterocycles. The number of anilines is 1. The minimum atomic E-state index is -4.27. The number of pyridine rings is 1. The Bertz CT molecular complexity index is 696. The molecule has 1 atom stereocenters. The van der Waals surface area contributed by atoms with E-state index in [0.29, 0.717) is 5.56 Å². The summed E-state index contributed by atoms with van der Waals surface area (Å²) < 4.78 is 54.1. The van der Waals surface area contributed by atoms with Crippen molar-refractivity contribution in [2.75, 3.05) is 11.9 Å². The highest BCUT2D eigenvalue weighted by atomic mass is 19.3. The second-order valence-corrected chi connectivity index (χ2v) is 5.11. The predicted molar refractivity (Wildman–Crippen MR) is 82.7 cm³/mol. The van der Waals surface area contributed by atoms with Crippen LogP contribution in [0.1, 0.15) is 11.6 Å². The minimum absolute atomic E-state index is 0.254. The van der Waals surface area contributed by atoms with E-state index in [9.17, 15) is 22.4 Å². The van der Waals surface area contributed by atoms with Crippen molar-refractivity contribution >= 4 is 11.6 Å². The zero-order chi connectivity index (χ0) is 18.4. The summed E-state index contributed by atoms with van der Waals surface area (Å²) >= 11 is 0. The van der Waals surface area contributed by atoms with Crippen LogP contribution in [0.25, 0.3) is 0 Å². The van der Waals surface area contributed by atoms with Crippen LogP contribution in [0.5, 0.6) is 5.88 Å². The second-order valence-electron chi connectivity index (χ2n) is 5.11. The van der Waals surface area contributed by atoms with E-state index in [-0.39, 0.29) is 11.6 Å². The molecule has 1 heterocycles. The van der Waals surface area contributed by atoms with E-state index >= 15 is 0 Å². The number of carbonyl (C=O) groups excluding carboxylic acids is 1. The molecule has 1 unspecified atom stereocenters. The molecule has 0 saturated carbocycles. The molecule has 0 bridgehead atoms. The summed E-state index contributed by atoms with van der Waals surface area (Å²) in [5, 5.41) is 2.51. The number of hydrogen-bond acceptors (Lipinski definition) is 4. The fraction of sp³-hybridized carbons (Fsp3) is 0.250. The van der Waals surface area contributed by atoms with Gasteiger partial charge in [0, 0.05) is 6.07 Å². The fourth-order valence-electron chi connectivity index (χ4n) is 1.80. The number of benzene rings is 1. The van der Waals surface area contributed by atoms with E-state index in [2.05, 4.69) is 15.0 Å². The molecule has 5 nitrogen and oxygen atoms in total. The number of nitrogens with zero attached hydrogens (tertiary/aromatic N) is 1. The minimum Gasteiger partial charge on any atom is -0.471 e. The number of nitrogens with one attached hydrogen (secondary N) is 1. The van der Waals surface area contributed by atoms with Crippen LogP contribution in [-0.4, -0.2) is 29.8 Å². The van der Waals surface area contributed by atoms with Gasteiger partial charge in [0.1, 0.15) is 6.04 Å². The normalized spacial score (nSPS) is 12.7. The number of halogens is 4. The molecule has 0 aliphatic rings. The molecule has 9 heteroatoms. The quantitative estimate of drug-likeness (QED) is 0.747. The first kappa shape index (κ1) is 18.7. The van der Waals surface area contributed by atoms with Gasteiger partial charge in [-0.05, 0) is 11.6 Å². The number of nitrogens with two attached hydrogens (primary N) is 1. The lowest BCUT2D eigenvalue weighted by molar-refractivity contribution is -0.148. The average Bonchev–Trinajstić information content (AvgIpc) is 2.61. The topological polar surface area (TPSA) is 77.2 Å². The van der Waals surface area contributed by atoms with Gasteiger partial charge in [-0.1, -0.05) is 30.3 Å². The molecule has 0 radical (unpaired) electrons. The number of alkyl halides is 4. The zero-order valence-corrected chi connectivity index (χ0v) is 12.8. The SMILES string of the molecule is NC(C(=O)Nc1ccc(OCC(F)(F)C(F)F)nc1)c1ccccc1. The predicted octanol–water partition coefficient (Wildman–Crippen LogP) is 3.00. The van der Waals surface area contributed by atoms with Gasteiger partial charge in [-0.2, -0.15) is 8.78 Å². The molecule has 2 rings (SSSR count). The third-order valence-electron chi connectivity index (χ3n) is 3.18. The standard InChI is InChI=1S/C16H15F4N3O2/c17-15(18)16(19,20)9-25-12-7-6-11(8-22-12)23-14(24)13(21)10-4-2-1-3-5-10/h1-8,13,15H,9,21H2,(H,23,24). The average molecular weight is 357 g/mol. The van der Waals surface area contributed by atoms with Gasteiger partial charge in [-0.25, -0.2) is 13.8 Å². The van der Waals surface area contributed by atoms with Crippen LogP contribution in [0.3, 0.4) is 0 Å². The van der Waals surface area contributed by atoms with E-state index < -0.39 is 30.9 Å². The van der Waals surface area contributed by atoms with E-state index in [4.69, 9.17) is 5.73 Å². The van der Waals surface area contributed by atoms with E-state index in [1.807, 2.05) is 0 Å². The van der Waals surface area contributed by atoms with Gasteiger partial charge in [0.15, 0.2) is 6.61 Å². The summed E-state index contributed by atoms with van der Waals surface area (Å²) in [4.78, 5) is 15.7. The maximum absolute atomic E-state index is 12.8. The smallest absolute Gasteiger partial charge is 0.340 e. The highest BCUT2D eigenvalue weighted by molar-refractivity contribution is 5.95. The molecule has 25 heavy (non-hydrogen) atoms. The monoisotopic (exact) mass is 357 g/mol. The summed E-state index contributed by atoms with van der Waals surface area (Å²) in [5.41, 5.74) is 6.70. The Morgan fingerprint density at radius 2 is 1.88 bits per heavy atom. The first-order chi connectivity index (χ1) is 11.8. The molecule has 0 fully saturated rings. The summed E-state index contributed by atoms with van der Waals surface area (Å²) in [7, 11) is 0. The van der Waals surface area contributed by atoms with Crippen molar-refractivity contribution in [3.05, 3.63) is 54.2 Å². The lowest BCUT2D eigenvalue weighted by Crippen LogP contribution is -2.33. The van der Waals surface area contributed by atoms with Crippen LogP contribution >= 0.6 is 0 Å². The van der Waals surface area contributed by atoms with Gasteiger partial charge < -0.3 is 15.8 Å². The largest absolute Gasteiger partial charge is 0.471 e. The molecular weight excluding hydrogens is 342 g/mol. The summed E-state index contributed by atoms with van der Waals surface area (Å²) in [6, 6.07) is 10.3. The first-order valence-electron chi connectivity index (χ1n) is 7.16. The highest BCUT2D eigenvalue weighted by Crippen LogP contribution is 2.24. The van der Waals surface area contributed by atoms with Crippen molar-refractivity contribution < 1.29 is 27.1 Å². The van der Waals surface area contributed by atoms with Crippen molar-refractivity contribution in [1.82, 2.24) is 4.98 Å². The lowest BCUT2D eigenvalue weighted by Gasteiger charge is -2.15. The van der Waals surface area contributed by atoms with E-state index in [1.54, 1.807) is 30.3 Å². The molecule has 0 aliphatic carbocycles. The maximum Gasteiger partial charge on any atom is 0.340 e. The van der Waals surface area contributed by atoms with Crippen molar-refractivity contribution in [3.8, 4) is 5.88 Å². The van der Waals surface area contributed by atoms with Gasteiger partial charge >= 0.3 is 12.3 Å². The summed E-state index contributed by atoms with van der Waals surface area (Å²) in [5.74, 6) is -5.03. The van der Waals surface area contributed by atoms with E-state index in [1.165, 1.54) is 12.1 Å². The van der Waals surface area contributed by atoms with Gasteiger partial charge in [0.25, 0.3) is 0 Å². The molecule has 2 aromatic rings. The van der Waals surface area contributed by atoms with Crippen LogP contribution in [0, 0.1) is 0 Å². The summed E-state index contributed by atoms with van der Waals surface area (Å²) in [6.07, 6.45) is -2.68. The Kier molecular flexibility index (Phi) is 5.92. The Morgan fingerprint density at radius 3 is 2.44 bits per heavy atom. The maximum atomic E-state index is 12.8. The summed E-state index contributed by atoms with van der Waals surface area (Å²) in [6.45, 7) is -1.50. The molecule has 0 saturated heterocycles. The number of ether oxygens (including phenoxy) is 1. The Hall–Kier alpha value is -2.68. The van der Waals surface area contributed by atoms with Crippen LogP contribution in [0.15, 0.2) is 48.7 Å². The van der Waals surface area contributed by atoms with Gasteiger partial charge in [-0.3, -0.25) is 4.79 Å².